The third kappa shape index (κ3) is 5.07. The second kappa shape index (κ2) is 8.25. The minimum atomic E-state index is -0.109. The molecule has 0 fully saturated rings. The molecule has 0 bridgehead atoms. The SMILES string of the molecule is COC(=O)CCCCCc1ccc(-c2ccccc2)cc1. The summed E-state index contributed by atoms with van der Waals surface area (Å²) in [7, 11) is 1.44. The Labute approximate surface area is 126 Å². The van der Waals surface area contributed by atoms with Crippen molar-refractivity contribution in [1.29, 1.82) is 0 Å². The van der Waals surface area contributed by atoms with Crippen molar-refractivity contribution < 1.29 is 9.53 Å². The monoisotopic (exact) mass is 282 g/mol. The lowest BCUT2D eigenvalue weighted by molar-refractivity contribution is -0.140. The molecule has 2 rings (SSSR count). The average Bonchev–Trinajstić information content (AvgIpc) is 2.55. The van der Waals surface area contributed by atoms with Gasteiger partial charge < -0.3 is 4.74 Å². The zero-order valence-electron chi connectivity index (χ0n) is 12.5. The van der Waals surface area contributed by atoms with Gasteiger partial charge in [0.2, 0.25) is 0 Å². The quantitative estimate of drug-likeness (QED) is 0.546. The molecule has 0 N–H and O–H groups in total. The first-order valence-electron chi connectivity index (χ1n) is 7.51. The summed E-state index contributed by atoms with van der Waals surface area (Å²) in [5, 5.41) is 0. The van der Waals surface area contributed by atoms with Crippen LogP contribution in [0.25, 0.3) is 11.1 Å². The topological polar surface area (TPSA) is 26.3 Å². The minimum Gasteiger partial charge on any atom is -0.469 e. The number of hydrogen-bond acceptors (Lipinski definition) is 2. The number of hydrogen-bond donors (Lipinski definition) is 0. The molecule has 2 heteroatoms. The Kier molecular flexibility index (Phi) is 6.01. The number of rotatable bonds is 7. The van der Waals surface area contributed by atoms with E-state index in [1.54, 1.807) is 0 Å². The molecule has 110 valence electrons. The predicted octanol–water partition coefficient (Wildman–Crippen LogP) is 4.63. The van der Waals surface area contributed by atoms with Gasteiger partial charge in [-0.25, -0.2) is 0 Å². The van der Waals surface area contributed by atoms with Gasteiger partial charge in [-0.2, -0.15) is 0 Å². The van der Waals surface area contributed by atoms with Gasteiger partial charge in [0.25, 0.3) is 0 Å². The molecule has 0 unspecified atom stereocenters. The molecule has 0 radical (unpaired) electrons. The van der Waals surface area contributed by atoms with E-state index in [0.29, 0.717) is 6.42 Å². The first-order chi connectivity index (χ1) is 10.3. The van der Waals surface area contributed by atoms with Crippen molar-refractivity contribution >= 4 is 5.97 Å². The van der Waals surface area contributed by atoms with Gasteiger partial charge in [0, 0.05) is 6.42 Å². The second-order valence-corrected chi connectivity index (χ2v) is 5.20. The summed E-state index contributed by atoms with van der Waals surface area (Å²) >= 11 is 0. The smallest absolute Gasteiger partial charge is 0.305 e. The highest BCUT2D eigenvalue weighted by Crippen LogP contribution is 2.20. The molecule has 2 aromatic carbocycles. The molecular formula is C19H22O2. The van der Waals surface area contributed by atoms with E-state index in [-0.39, 0.29) is 5.97 Å². The lowest BCUT2D eigenvalue weighted by Crippen LogP contribution is -1.99. The van der Waals surface area contributed by atoms with Crippen molar-refractivity contribution in [3.63, 3.8) is 0 Å². The Morgan fingerprint density at radius 2 is 1.52 bits per heavy atom. The van der Waals surface area contributed by atoms with E-state index in [2.05, 4.69) is 53.3 Å². The van der Waals surface area contributed by atoms with E-state index < -0.39 is 0 Å². The molecule has 0 heterocycles. The van der Waals surface area contributed by atoms with Crippen LogP contribution in [-0.4, -0.2) is 13.1 Å². The number of aryl methyl sites for hydroxylation is 1. The van der Waals surface area contributed by atoms with E-state index in [4.69, 9.17) is 0 Å². The number of carbonyl (C=O) groups is 1. The van der Waals surface area contributed by atoms with E-state index in [1.807, 2.05) is 6.07 Å². The van der Waals surface area contributed by atoms with Crippen LogP contribution in [0, 0.1) is 0 Å². The Bertz CT molecular complexity index is 544. The van der Waals surface area contributed by atoms with E-state index in [9.17, 15) is 4.79 Å². The maximum atomic E-state index is 11.0. The van der Waals surface area contributed by atoms with E-state index in [0.717, 1.165) is 25.7 Å². The van der Waals surface area contributed by atoms with Gasteiger partial charge in [-0.15, -0.1) is 0 Å². The Morgan fingerprint density at radius 1 is 0.857 bits per heavy atom. The third-order valence-corrected chi connectivity index (χ3v) is 3.64. The highest BCUT2D eigenvalue weighted by molar-refractivity contribution is 5.69. The molecule has 0 amide bonds. The Hall–Kier alpha value is -2.09. The normalized spacial score (nSPS) is 10.3. The van der Waals surface area contributed by atoms with Crippen molar-refractivity contribution in [2.24, 2.45) is 0 Å². The number of ether oxygens (including phenoxy) is 1. The number of unbranched alkanes of at least 4 members (excludes halogenated alkanes) is 2. The zero-order valence-corrected chi connectivity index (χ0v) is 12.5. The highest BCUT2D eigenvalue weighted by Gasteiger charge is 2.00. The van der Waals surface area contributed by atoms with Crippen LogP contribution in [0.3, 0.4) is 0 Å². The van der Waals surface area contributed by atoms with Crippen LogP contribution in [0.5, 0.6) is 0 Å². The van der Waals surface area contributed by atoms with Crippen molar-refractivity contribution in [2.75, 3.05) is 7.11 Å². The number of methoxy groups -OCH3 is 1. The molecule has 0 atom stereocenters. The van der Waals surface area contributed by atoms with Crippen LogP contribution in [0.1, 0.15) is 31.2 Å². The summed E-state index contributed by atoms with van der Waals surface area (Å²) in [6, 6.07) is 19.2. The molecule has 0 aliphatic carbocycles. The molecule has 0 aromatic heterocycles. The number of carbonyl (C=O) groups excluding carboxylic acids is 1. The summed E-state index contributed by atoms with van der Waals surface area (Å²) in [4.78, 5) is 11.0. The summed E-state index contributed by atoms with van der Waals surface area (Å²) in [6.45, 7) is 0. The molecule has 0 aliphatic rings. The van der Waals surface area contributed by atoms with Crippen LogP contribution in [0.2, 0.25) is 0 Å². The molecule has 0 saturated carbocycles. The van der Waals surface area contributed by atoms with Crippen molar-refractivity contribution in [1.82, 2.24) is 0 Å². The lowest BCUT2D eigenvalue weighted by Gasteiger charge is -2.05. The minimum absolute atomic E-state index is 0.109. The molecule has 0 spiro atoms. The predicted molar refractivity (Wildman–Crippen MR) is 86.1 cm³/mol. The molecule has 0 aliphatic heterocycles. The fourth-order valence-corrected chi connectivity index (χ4v) is 2.37. The van der Waals surface area contributed by atoms with Gasteiger partial charge in [0.15, 0.2) is 0 Å². The Balaban J connectivity index is 1.77. The van der Waals surface area contributed by atoms with Crippen LogP contribution < -0.4 is 0 Å². The second-order valence-electron chi connectivity index (χ2n) is 5.20. The van der Waals surface area contributed by atoms with Crippen molar-refractivity contribution in [3.8, 4) is 11.1 Å². The van der Waals surface area contributed by atoms with Gasteiger partial charge in [0.1, 0.15) is 0 Å². The first kappa shape index (κ1) is 15.3. The molecule has 0 saturated heterocycles. The van der Waals surface area contributed by atoms with Crippen molar-refractivity contribution in [3.05, 3.63) is 60.2 Å². The standard InChI is InChI=1S/C19H22O2/c1-21-19(20)11-7-2-4-8-16-12-14-18(15-13-16)17-9-5-3-6-10-17/h3,5-6,9-10,12-15H,2,4,7-8,11H2,1H3. The molecule has 21 heavy (non-hydrogen) atoms. The van der Waals surface area contributed by atoms with Gasteiger partial charge in [-0.3, -0.25) is 4.79 Å². The molecular weight excluding hydrogens is 260 g/mol. The van der Waals surface area contributed by atoms with Gasteiger partial charge in [0.05, 0.1) is 7.11 Å². The molecule has 2 aromatic rings. The maximum absolute atomic E-state index is 11.0. The fraction of sp³-hybridized carbons (Fsp3) is 0.316. The van der Waals surface area contributed by atoms with Crippen LogP contribution in [0.15, 0.2) is 54.6 Å². The van der Waals surface area contributed by atoms with Gasteiger partial charge >= 0.3 is 5.97 Å². The van der Waals surface area contributed by atoms with Crippen LogP contribution in [0.4, 0.5) is 0 Å². The van der Waals surface area contributed by atoms with Crippen LogP contribution >= 0.6 is 0 Å². The summed E-state index contributed by atoms with van der Waals surface area (Å²) in [5.41, 5.74) is 3.86. The van der Waals surface area contributed by atoms with Gasteiger partial charge in [-0.05, 0) is 36.0 Å². The van der Waals surface area contributed by atoms with E-state index >= 15 is 0 Å². The summed E-state index contributed by atoms with van der Waals surface area (Å²) in [5.74, 6) is -0.109. The zero-order chi connectivity index (χ0) is 14.9. The largest absolute Gasteiger partial charge is 0.469 e. The van der Waals surface area contributed by atoms with E-state index in [1.165, 1.54) is 23.8 Å². The highest BCUT2D eigenvalue weighted by atomic mass is 16.5. The molecule has 2 nitrogen and oxygen atoms in total. The third-order valence-electron chi connectivity index (χ3n) is 3.64. The lowest BCUT2D eigenvalue weighted by atomic mass is 10.0. The number of esters is 1. The maximum Gasteiger partial charge on any atom is 0.305 e. The summed E-state index contributed by atoms with van der Waals surface area (Å²) < 4.78 is 4.63. The van der Waals surface area contributed by atoms with Crippen molar-refractivity contribution in [2.45, 2.75) is 32.1 Å². The Morgan fingerprint density at radius 3 is 2.19 bits per heavy atom. The van der Waals surface area contributed by atoms with Crippen LogP contribution in [-0.2, 0) is 16.0 Å². The fourth-order valence-electron chi connectivity index (χ4n) is 2.37. The number of benzene rings is 2. The summed E-state index contributed by atoms with van der Waals surface area (Å²) in [6.07, 6.45) is 4.69. The van der Waals surface area contributed by atoms with Gasteiger partial charge in [-0.1, -0.05) is 61.0 Å². The average molecular weight is 282 g/mol. The first-order valence-corrected chi connectivity index (χ1v) is 7.51.